The van der Waals surface area contributed by atoms with E-state index in [2.05, 4.69) is 9.88 Å². The predicted molar refractivity (Wildman–Crippen MR) is 133 cm³/mol. The minimum Gasteiger partial charge on any atom is -0.493 e. The zero-order chi connectivity index (χ0) is 24.5. The second-order valence-corrected chi connectivity index (χ2v) is 10.6. The van der Waals surface area contributed by atoms with Crippen molar-refractivity contribution in [2.24, 2.45) is 11.8 Å². The first-order valence-corrected chi connectivity index (χ1v) is 12.8. The maximum absolute atomic E-state index is 13.4. The highest BCUT2D eigenvalue weighted by Gasteiger charge is 2.34. The number of likely N-dealkylation sites (tertiary alicyclic amines) is 1. The standard InChI is InChI=1S/C27H29FN2O4S/c1-33-23-11-17-10-18(27(32)21(17)14-24(23)34-2)9-16-5-7-30(8-6-16)15-20(31)13-26-29-22-4-3-19(28)12-25(22)35-26/h3-4,11-12,14,16,18H,5-10,13,15H2,1-2H3. The molecule has 1 aromatic heterocycles. The summed E-state index contributed by atoms with van der Waals surface area (Å²) in [6, 6.07) is 8.26. The molecule has 1 aliphatic heterocycles. The van der Waals surface area contributed by atoms with Gasteiger partial charge in [0.05, 0.1) is 37.4 Å². The molecule has 2 aliphatic rings. The van der Waals surface area contributed by atoms with Gasteiger partial charge in [0, 0.05) is 11.5 Å². The van der Waals surface area contributed by atoms with Crippen molar-refractivity contribution in [2.45, 2.75) is 32.1 Å². The Labute approximate surface area is 208 Å². The molecule has 5 rings (SSSR count). The van der Waals surface area contributed by atoms with Crippen LogP contribution in [0.5, 0.6) is 11.5 Å². The van der Waals surface area contributed by atoms with Crippen LogP contribution in [0.25, 0.3) is 10.2 Å². The molecule has 1 saturated heterocycles. The van der Waals surface area contributed by atoms with Crippen LogP contribution in [-0.2, 0) is 17.6 Å². The molecule has 1 atom stereocenters. The van der Waals surface area contributed by atoms with Crippen LogP contribution in [0.15, 0.2) is 30.3 Å². The molecule has 2 heterocycles. The number of hydrogen-bond acceptors (Lipinski definition) is 7. The second-order valence-electron chi connectivity index (χ2n) is 9.52. The molecule has 0 spiro atoms. The monoisotopic (exact) mass is 496 g/mol. The van der Waals surface area contributed by atoms with Gasteiger partial charge < -0.3 is 9.47 Å². The number of hydrogen-bond donors (Lipinski definition) is 0. The lowest BCUT2D eigenvalue weighted by Crippen LogP contribution is -2.38. The van der Waals surface area contributed by atoms with Crippen molar-refractivity contribution < 1.29 is 23.5 Å². The number of Topliss-reactive ketones (excluding diaryl/α,β-unsaturated/α-hetero) is 2. The SMILES string of the molecule is COc1cc2c(cc1OC)C(=O)C(CC1CCN(CC(=O)Cc3nc4ccc(F)cc4s3)CC1)C2. The number of rotatable bonds is 8. The Morgan fingerprint density at radius 2 is 1.89 bits per heavy atom. The van der Waals surface area contributed by atoms with E-state index in [1.807, 2.05) is 12.1 Å². The van der Waals surface area contributed by atoms with Crippen molar-refractivity contribution in [3.8, 4) is 11.5 Å². The first-order valence-electron chi connectivity index (χ1n) is 12.0. The summed E-state index contributed by atoms with van der Waals surface area (Å²) < 4.78 is 24.9. The predicted octanol–water partition coefficient (Wildman–Crippen LogP) is 4.72. The van der Waals surface area contributed by atoms with Gasteiger partial charge in [0.15, 0.2) is 23.1 Å². The van der Waals surface area contributed by atoms with Gasteiger partial charge in [-0.1, -0.05) is 0 Å². The van der Waals surface area contributed by atoms with Gasteiger partial charge in [-0.15, -0.1) is 11.3 Å². The summed E-state index contributed by atoms with van der Waals surface area (Å²) in [6.45, 7) is 2.12. The Balaban J connectivity index is 1.11. The highest BCUT2D eigenvalue weighted by molar-refractivity contribution is 7.18. The molecule has 35 heavy (non-hydrogen) atoms. The van der Waals surface area contributed by atoms with Crippen molar-refractivity contribution in [1.82, 2.24) is 9.88 Å². The van der Waals surface area contributed by atoms with E-state index in [0.717, 1.165) is 65.1 Å². The Bertz CT molecular complexity index is 1270. The molecule has 0 bridgehead atoms. The van der Waals surface area contributed by atoms with Crippen LogP contribution in [-0.4, -0.2) is 55.3 Å². The van der Waals surface area contributed by atoms with Crippen LogP contribution in [0.4, 0.5) is 4.39 Å². The van der Waals surface area contributed by atoms with E-state index in [1.54, 1.807) is 20.3 Å². The van der Waals surface area contributed by atoms with Crippen molar-refractivity contribution >= 4 is 33.1 Å². The molecule has 6 nitrogen and oxygen atoms in total. The van der Waals surface area contributed by atoms with Gasteiger partial charge >= 0.3 is 0 Å². The van der Waals surface area contributed by atoms with Crippen LogP contribution in [0, 0.1) is 17.7 Å². The molecule has 0 saturated carbocycles. The quantitative estimate of drug-likeness (QED) is 0.450. The Hall–Kier alpha value is -2.84. The Kier molecular flexibility index (Phi) is 6.84. The maximum Gasteiger partial charge on any atom is 0.166 e. The summed E-state index contributed by atoms with van der Waals surface area (Å²) in [5.41, 5.74) is 2.53. The molecule has 1 fully saturated rings. The number of carbonyl (C=O) groups is 2. The number of thiazole rings is 1. The fourth-order valence-electron chi connectivity index (χ4n) is 5.37. The summed E-state index contributed by atoms with van der Waals surface area (Å²) in [5.74, 6) is 1.79. The van der Waals surface area contributed by atoms with Gasteiger partial charge in [-0.05, 0) is 80.6 Å². The van der Waals surface area contributed by atoms with Crippen LogP contribution in [0.2, 0.25) is 0 Å². The lowest BCUT2D eigenvalue weighted by Gasteiger charge is -2.32. The summed E-state index contributed by atoms with van der Waals surface area (Å²) in [4.78, 5) is 32.3. The van der Waals surface area contributed by atoms with E-state index in [0.29, 0.717) is 24.0 Å². The van der Waals surface area contributed by atoms with E-state index in [-0.39, 0.29) is 29.7 Å². The van der Waals surface area contributed by atoms with Gasteiger partial charge in [-0.3, -0.25) is 14.5 Å². The largest absolute Gasteiger partial charge is 0.493 e. The number of ether oxygens (including phenoxy) is 2. The van der Waals surface area contributed by atoms with E-state index < -0.39 is 0 Å². The Morgan fingerprint density at radius 1 is 1.14 bits per heavy atom. The first-order chi connectivity index (χ1) is 16.9. The minimum absolute atomic E-state index is 0.00358. The smallest absolute Gasteiger partial charge is 0.166 e. The number of aromatic nitrogens is 1. The van der Waals surface area contributed by atoms with Crippen molar-refractivity contribution in [1.29, 1.82) is 0 Å². The first kappa shape index (κ1) is 23.9. The summed E-state index contributed by atoms with van der Waals surface area (Å²) in [7, 11) is 3.19. The molecule has 8 heteroatoms. The number of carbonyl (C=O) groups excluding carboxylic acids is 2. The lowest BCUT2D eigenvalue weighted by molar-refractivity contribution is -0.119. The molecule has 2 aromatic carbocycles. The van der Waals surface area contributed by atoms with Crippen molar-refractivity contribution in [2.75, 3.05) is 33.9 Å². The van der Waals surface area contributed by atoms with Gasteiger partial charge in [0.1, 0.15) is 10.8 Å². The van der Waals surface area contributed by atoms with Crippen LogP contribution in [0.1, 0.15) is 40.2 Å². The van der Waals surface area contributed by atoms with E-state index >= 15 is 0 Å². The van der Waals surface area contributed by atoms with Crippen LogP contribution < -0.4 is 9.47 Å². The number of ketones is 2. The topological polar surface area (TPSA) is 68.7 Å². The third-order valence-corrected chi connectivity index (χ3v) is 8.20. The van der Waals surface area contributed by atoms with Crippen molar-refractivity contribution in [3.63, 3.8) is 0 Å². The van der Waals surface area contributed by atoms with E-state index in [9.17, 15) is 14.0 Å². The normalized spacial score (nSPS) is 18.7. The highest BCUT2D eigenvalue weighted by atomic mass is 32.1. The average Bonchev–Trinajstić information content (AvgIpc) is 3.38. The number of methoxy groups -OCH3 is 2. The third kappa shape index (κ3) is 5.09. The molecule has 0 amide bonds. The maximum atomic E-state index is 13.4. The highest BCUT2D eigenvalue weighted by Crippen LogP contribution is 2.39. The van der Waals surface area contributed by atoms with E-state index in [1.165, 1.54) is 23.5 Å². The van der Waals surface area contributed by atoms with Crippen LogP contribution >= 0.6 is 11.3 Å². The molecule has 1 unspecified atom stereocenters. The van der Waals surface area contributed by atoms with Crippen molar-refractivity contribution in [3.05, 3.63) is 52.3 Å². The number of nitrogens with zero attached hydrogens (tertiary/aromatic N) is 2. The number of fused-ring (bicyclic) bond motifs is 2. The zero-order valence-corrected chi connectivity index (χ0v) is 20.8. The molecule has 3 aromatic rings. The number of halogens is 1. The Morgan fingerprint density at radius 3 is 2.63 bits per heavy atom. The molecular formula is C27H29FN2O4S. The zero-order valence-electron chi connectivity index (χ0n) is 20.0. The number of benzene rings is 2. The average molecular weight is 497 g/mol. The molecule has 0 radical (unpaired) electrons. The van der Waals surface area contributed by atoms with E-state index in [4.69, 9.17) is 9.47 Å². The number of piperidine rings is 1. The van der Waals surface area contributed by atoms with Gasteiger partial charge in [-0.25, -0.2) is 9.37 Å². The fraction of sp³-hybridized carbons (Fsp3) is 0.444. The molecule has 0 N–H and O–H groups in total. The molecule has 1 aliphatic carbocycles. The van der Waals surface area contributed by atoms with Gasteiger partial charge in [0.25, 0.3) is 0 Å². The minimum atomic E-state index is -0.287. The summed E-state index contributed by atoms with van der Waals surface area (Å²) in [6.07, 6.45) is 3.88. The fourth-order valence-corrected chi connectivity index (χ4v) is 6.39. The third-order valence-electron chi connectivity index (χ3n) is 7.18. The van der Waals surface area contributed by atoms with Gasteiger partial charge in [-0.2, -0.15) is 0 Å². The van der Waals surface area contributed by atoms with Crippen LogP contribution in [0.3, 0.4) is 0 Å². The summed E-state index contributed by atoms with van der Waals surface area (Å²) in [5, 5.41) is 0.734. The summed E-state index contributed by atoms with van der Waals surface area (Å²) >= 11 is 1.38. The van der Waals surface area contributed by atoms with Gasteiger partial charge in [0.2, 0.25) is 0 Å². The lowest BCUT2D eigenvalue weighted by atomic mass is 9.85. The second kappa shape index (κ2) is 10.0. The molecule has 184 valence electrons. The molecular weight excluding hydrogens is 467 g/mol.